The number of likely N-dealkylation sites (N-methyl/N-ethyl adjacent to an activating group) is 1. The Morgan fingerprint density at radius 3 is 2.29 bits per heavy atom. The number of carbonyl (C=O) groups is 1. The Kier molecular flexibility index (Phi) is 7.41. The van der Waals surface area contributed by atoms with Crippen molar-refractivity contribution in [1.82, 2.24) is 9.88 Å². The first-order valence-corrected chi connectivity index (χ1v) is 9.78. The summed E-state index contributed by atoms with van der Waals surface area (Å²) in [7, 11) is 8.00. The van der Waals surface area contributed by atoms with Crippen molar-refractivity contribution in [3.8, 4) is 0 Å². The molecule has 0 spiro atoms. The molecule has 3 rings (SSSR count). The van der Waals surface area contributed by atoms with Gasteiger partial charge in [-0.1, -0.05) is 17.4 Å². The Hall–Kier alpha value is -2.15. The molecule has 1 heterocycles. The number of benzene rings is 2. The molecule has 2 aromatic carbocycles. The highest BCUT2D eigenvalue weighted by molar-refractivity contribution is 7.22. The normalized spacial score (nSPS) is 10.8. The minimum absolute atomic E-state index is 0. The van der Waals surface area contributed by atoms with Crippen LogP contribution in [-0.4, -0.2) is 57.1 Å². The SMILES string of the molecule is Cc1ccc2nc(N(CCN(C)C)C(=O)c3ccc(N(C)C)cc3)sc2c1.Cl. The molecule has 1 amide bonds. The van der Waals surface area contributed by atoms with E-state index in [0.29, 0.717) is 12.1 Å². The summed E-state index contributed by atoms with van der Waals surface area (Å²) in [4.78, 5) is 23.9. The van der Waals surface area contributed by atoms with Crippen molar-refractivity contribution in [3.63, 3.8) is 0 Å². The van der Waals surface area contributed by atoms with Crippen LogP contribution in [0.4, 0.5) is 10.8 Å². The zero-order valence-electron chi connectivity index (χ0n) is 17.0. The van der Waals surface area contributed by atoms with Crippen molar-refractivity contribution in [2.24, 2.45) is 0 Å². The van der Waals surface area contributed by atoms with Gasteiger partial charge in [0.05, 0.1) is 10.2 Å². The smallest absolute Gasteiger partial charge is 0.260 e. The standard InChI is InChI=1S/C21H26N4OS.ClH/c1-15-6-11-18-19(14-15)27-21(22-18)25(13-12-23(2)3)20(26)16-7-9-17(10-8-16)24(4)5;/h6-11,14H,12-13H2,1-5H3;1H. The zero-order valence-corrected chi connectivity index (χ0v) is 18.6. The summed E-state index contributed by atoms with van der Waals surface area (Å²) in [5, 5.41) is 0.749. The molecule has 0 atom stereocenters. The number of fused-ring (bicyclic) bond motifs is 1. The maximum absolute atomic E-state index is 13.2. The van der Waals surface area contributed by atoms with Crippen molar-refractivity contribution in [2.75, 3.05) is 51.1 Å². The van der Waals surface area contributed by atoms with Crippen LogP contribution < -0.4 is 9.80 Å². The van der Waals surface area contributed by atoms with Crippen molar-refractivity contribution in [1.29, 1.82) is 0 Å². The number of rotatable bonds is 6. The summed E-state index contributed by atoms with van der Waals surface area (Å²) >= 11 is 1.57. The van der Waals surface area contributed by atoms with Gasteiger partial charge in [-0.25, -0.2) is 4.98 Å². The van der Waals surface area contributed by atoms with Crippen molar-refractivity contribution >= 4 is 50.7 Å². The van der Waals surface area contributed by atoms with Gasteiger partial charge in [-0.15, -0.1) is 12.4 Å². The molecule has 3 aromatic rings. The predicted molar refractivity (Wildman–Crippen MR) is 123 cm³/mol. The number of carbonyl (C=O) groups excluding carboxylic acids is 1. The fourth-order valence-electron chi connectivity index (χ4n) is 2.78. The second-order valence-corrected chi connectivity index (χ2v) is 8.18. The van der Waals surface area contributed by atoms with E-state index in [2.05, 4.69) is 24.0 Å². The lowest BCUT2D eigenvalue weighted by molar-refractivity contribution is 0.0985. The molecule has 28 heavy (non-hydrogen) atoms. The topological polar surface area (TPSA) is 39.7 Å². The van der Waals surface area contributed by atoms with Crippen molar-refractivity contribution in [3.05, 3.63) is 53.6 Å². The average Bonchev–Trinajstić information content (AvgIpc) is 3.04. The van der Waals surface area contributed by atoms with E-state index in [1.807, 2.05) is 63.4 Å². The fraction of sp³-hybridized carbons (Fsp3) is 0.333. The number of hydrogen-bond donors (Lipinski definition) is 0. The molecule has 0 fully saturated rings. The quantitative estimate of drug-likeness (QED) is 0.598. The van der Waals surface area contributed by atoms with Crippen molar-refractivity contribution in [2.45, 2.75) is 6.92 Å². The molecular formula is C21H27ClN4OS. The van der Waals surface area contributed by atoms with Gasteiger partial charge in [-0.2, -0.15) is 0 Å². The van der Waals surface area contributed by atoms with Crippen LogP contribution in [0.15, 0.2) is 42.5 Å². The monoisotopic (exact) mass is 418 g/mol. The number of aromatic nitrogens is 1. The second-order valence-electron chi connectivity index (χ2n) is 7.17. The molecule has 1 aromatic heterocycles. The van der Waals surface area contributed by atoms with E-state index in [0.717, 1.165) is 27.6 Å². The van der Waals surface area contributed by atoms with Crippen LogP contribution in [-0.2, 0) is 0 Å². The van der Waals surface area contributed by atoms with Gasteiger partial charge in [0, 0.05) is 38.4 Å². The number of halogens is 1. The van der Waals surface area contributed by atoms with Gasteiger partial charge < -0.3 is 9.80 Å². The Balaban J connectivity index is 0.00000280. The van der Waals surface area contributed by atoms with Gasteiger partial charge in [-0.05, 0) is 63.0 Å². The lowest BCUT2D eigenvalue weighted by Gasteiger charge is -2.22. The third kappa shape index (κ3) is 5.01. The Bertz CT molecular complexity index is 937. The van der Waals surface area contributed by atoms with Crippen LogP contribution in [0.2, 0.25) is 0 Å². The Labute approximate surface area is 177 Å². The van der Waals surface area contributed by atoms with Gasteiger partial charge in [0.15, 0.2) is 5.13 Å². The van der Waals surface area contributed by atoms with Crippen molar-refractivity contribution < 1.29 is 4.79 Å². The molecule has 0 saturated carbocycles. The minimum atomic E-state index is -0.0158. The van der Waals surface area contributed by atoms with Gasteiger partial charge in [0.25, 0.3) is 5.91 Å². The van der Waals surface area contributed by atoms with E-state index >= 15 is 0 Å². The number of hydrogen-bond acceptors (Lipinski definition) is 5. The lowest BCUT2D eigenvalue weighted by atomic mass is 10.1. The Morgan fingerprint density at radius 2 is 1.68 bits per heavy atom. The molecule has 0 unspecified atom stereocenters. The average molecular weight is 419 g/mol. The highest BCUT2D eigenvalue weighted by Crippen LogP contribution is 2.30. The van der Waals surface area contributed by atoms with E-state index in [1.165, 1.54) is 5.56 Å². The van der Waals surface area contributed by atoms with E-state index in [1.54, 1.807) is 16.2 Å². The molecule has 5 nitrogen and oxygen atoms in total. The highest BCUT2D eigenvalue weighted by Gasteiger charge is 2.21. The van der Waals surface area contributed by atoms with Gasteiger partial charge in [0.1, 0.15) is 0 Å². The molecule has 0 aliphatic carbocycles. The van der Waals surface area contributed by atoms with Crippen LogP contribution in [0.5, 0.6) is 0 Å². The molecular weight excluding hydrogens is 392 g/mol. The van der Waals surface area contributed by atoms with Crippen LogP contribution in [0.25, 0.3) is 10.2 Å². The van der Waals surface area contributed by atoms with Gasteiger partial charge >= 0.3 is 0 Å². The molecule has 0 bridgehead atoms. The summed E-state index contributed by atoms with van der Waals surface area (Å²) in [5.41, 5.74) is 3.88. The summed E-state index contributed by atoms with van der Waals surface area (Å²) in [5.74, 6) is -0.0158. The third-order valence-corrected chi connectivity index (χ3v) is 5.45. The second kappa shape index (κ2) is 9.37. The maximum Gasteiger partial charge on any atom is 0.260 e. The molecule has 150 valence electrons. The number of nitrogens with zero attached hydrogens (tertiary/aromatic N) is 4. The fourth-order valence-corrected chi connectivity index (χ4v) is 3.87. The van der Waals surface area contributed by atoms with Crippen LogP contribution in [0, 0.1) is 6.92 Å². The summed E-state index contributed by atoms with van der Waals surface area (Å²) in [6.07, 6.45) is 0. The first-order chi connectivity index (χ1) is 12.8. The summed E-state index contributed by atoms with van der Waals surface area (Å²) in [6.45, 7) is 3.44. The van der Waals surface area contributed by atoms with E-state index in [9.17, 15) is 4.79 Å². The predicted octanol–water partition coefficient (Wildman–Crippen LogP) is 4.30. The molecule has 7 heteroatoms. The van der Waals surface area contributed by atoms with Crippen LogP contribution in [0.1, 0.15) is 15.9 Å². The highest BCUT2D eigenvalue weighted by atomic mass is 35.5. The number of amides is 1. The molecule has 0 N–H and O–H groups in total. The summed E-state index contributed by atoms with van der Waals surface area (Å²) in [6, 6.07) is 13.9. The van der Waals surface area contributed by atoms with Crippen LogP contribution in [0.3, 0.4) is 0 Å². The van der Waals surface area contributed by atoms with E-state index < -0.39 is 0 Å². The maximum atomic E-state index is 13.2. The zero-order chi connectivity index (χ0) is 19.6. The minimum Gasteiger partial charge on any atom is -0.378 e. The van der Waals surface area contributed by atoms with Gasteiger partial charge in [-0.3, -0.25) is 9.69 Å². The largest absolute Gasteiger partial charge is 0.378 e. The van der Waals surface area contributed by atoms with Crippen LogP contribution >= 0.6 is 23.7 Å². The van der Waals surface area contributed by atoms with E-state index in [-0.39, 0.29) is 18.3 Å². The first kappa shape index (κ1) is 22.1. The molecule has 0 aliphatic rings. The third-order valence-electron chi connectivity index (χ3n) is 4.41. The number of anilines is 2. The molecule has 0 aliphatic heterocycles. The first-order valence-electron chi connectivity index (χ1n) is 8.96. The lowest BCUT2D eigenvalue weighted by Crippen LogP contribution is -2.36. The number of aryl methyl sites for hydroxylation is 1. The molecule has 0 radical (unpaired) electrons. The van der Waals surface area contributed by atoms with Gasteiger partial charge in [0.2, 0.25) is 0 Å². The summed E-state index contributed by atoms with van der Waals surface area (Å²) < 4.78 is 1.11. The number of thiazole rings is 1. The Morgan fingerprint density at radius 1 is 1.00 bits per heavy atom. The molecule has 0 saturated heterocycles. The van der Waals surface area contributed by atoms with E-state index in [4.69, 9.17) is 4.98 Å².